The van der Waals surface area contributed by atoms with Crippen LogP contribution in [0.2, 0.25) is 0 Å². The Kier molecular flexibility index (Phi) is 6.26. The SMILES string of the molecule is O=C(O)CCCCCOc1ccc2c(c1)nc(-c1ccccc1)n2CC(=O)O. The second-order valence-electron chi connectivity index (χ2n) is 6.48. The number of nitrogens with zero attached hydrogens (tertiary/aromatic N) is 2. The molecule has 0 aliphatic rings. The van der Waals surface area contributed by atoms with Crippen LogP contribution in [0.5, 0.6) is 5.75 Å². The summed E-state index contributed by atoms with van der Waals surface area (Å²) in [5.74, 6) is -0.454. The summed E-state index contributed by atoms with van der Waals surface area (Å²) in [7, 11) is 0. The first kappa shape index (κ1) is 19.4. The van der Waals surface area contributed by atoms with E-state index in [4.69, 9.17) is 9.84 Å². The third-order valence-electron chi connectivity index (χ3n) is 4.35. The van der Waals surface area contributed by atoms with Gasteiger partial charge >= 0.3 is 11.9 Å². The normalized spacial score (nSPS) is 10.9. The number of aliphatic carboxylic acids is 2. The van der Waals surface area contributed by atoms with Gasteiger partial charge in [-0.1, -0.05) is 30.3 Å². The predicted molar refractivity (Wildman–Crippen MR) is 104 cm³/mol. The smallest absolute Gasteiger partial charge is 0.323 e. The standard InChI is InChI=1S/C21H22N2O5/c24-19(25)9-5-2-6-12-28-16-10-11-18-17(13-16)22-21(23(18)14-20(26)27)15-7-3-1-4-8-15/h1,3-4,7-8,10-11,13H,2,5-6,9,12,14H2,(H,24,25)(H,26,27). The average molecular weight is 382 g/mol. The zero-order chi connectivity index (χ0) is 19.9. The van der Waals surface area contributed by atoms with Crippen LogP contribution < -0.4 is 4.74 Å². The highest BCUT2D eigenvalue weighted by Crippen LogP contribution is 2.27. The van der Waals surface area contributed by atoms with E-state index in [2.05, 4.69) is 4.98 Å². The zero-order valence-corrected chi connectivity index (χ0v) is 15.4. The molecule has 2 aromatic carbocycles. The van der Waals surface area contributed by atoms with Gasteiger partial charge in [0.15, 0.2) is 0 Å². The van der Waals surface area contributed by atoms with E-state index in [1.807, 2.05) is 36.4 Å². The van der Waals surface area contributed by atoms with Crippen LogP contribution in [0.15, 0.2) is 48.5 Å². The van der Waals surface area contributed by atoms with E-state index in [0.29, 0.717) is 30.1 Å². The molecular weight excluding hydrogens is 360 g/mol. The molecule has 2 N–H and O–H groups in total. The van der Waals surface area contributed by atoms with E-state index in [0.717, 1.165) is 23.9 Å². The third-order valence-corrected chi connectivity index (χ3v) is 4.35. The molecular formula is C21H22N2O5. The molecule has 0 saturated heterocycles. The van der Waals surface area contributed by atoms with Crippen molar-refractivity contribution in [1.82, 2.24) is 9.55 Å². The molecule has 1 heterocycles. The maximum absolute atomic E-state index is 11.3. The van der Waals surface area contributed by atoms with Crippen LogP contribution in [-0.4, -0.2) is 38.3 Å². The molecule has 0 amide bonds. The summed E-state index contributed by atoms with van der Waals surface area (Å²) in [5.41, 5.74) is 2.25. The van der Waals surface area contributed by atoms with Crippen LogP contribution >= 0.6 is 0 Å². The van der Waals surface area contributed by atoms with E-state index in [1.165, 1.54) is 0 Å². The van der Waals surface area contributed by atoms with E-state index in [-0.39, 0.29) is 13.0 Å². The van der Waals surface area contributed by atoms with Crippen LogP contribution in [-0.2, 0) is 16.1 Å². The summed E-state index contributed by atoms with van der Waals surface area (Å²) in [4.78, 5) is 26.4. The van der Waals surface area contributed by atoms with E-state index >= 15 is 0 Å². The molecule has 0 unspecified atom stereocenters. The minimum absolute atomic E-state index is 0.176. The molecule has 3 rings (SSSR count). The number of aromatic nitrogens is 2. The van der Waals surface area contributed by atoms with E-state index < -0.39 is 11.9 Å². The second-order valence-corrected chi connectivity index (χ2v) is 6.48. The molecule has 0 aliphatic carbocycles. The number of ether oxygens (including phenoxy) is 1. The summed E-state index contributed by atoms with van der Waals surface area (Å²) in [6.07, 6.45) is 2.38. The maximum atomic E-state index is 11.3. The fourth-order valence-corrected chi connectivity index (χ4v) is 3.05. The van der Waals surface area contributed by atoms with Crippen molar-refractivity contribution in [2.45, 2.75) is 32.2 Å². The lowest BCUT2D eigenvalue weighted by molar-refractivity contribution is -0.138. The molecule has 1 aromatic heterocycles. The molecule has 146 valence electrons. The topological polar surface area (TPSA) is 102 Å². The second kappa shape index (κ2) is 9.03. The van der Waals surface area contributed by atoms with Gasteiger partial charge in [-0.25, -0.2) is 4.98 Å². The number of hydrogen-bond acceptors (Lipinski definition) is 4. The Morgan fingerprint density at radius 1 is 0.964 bits per heavy atom. The van der Waals surface area contributed by atoms with Crippen LogP contribution in [0.25, 0.3) is 22.4 Å². The summed E-state index contributed by atoms with van der Waals surface area (Å²) < 4.78 is 7.43. The fraction of sp³-hybridized carbons (Fsp3) is 0.286. The fourth-order valence-electron chi connectivity index (χ4n) is 3.05. The number of carbonyl (C=O) groups is 2. The molecule has 0 fully saturated rings. The molecule has 3 aromatic rings. The van der Waals surface area contributed by atoms with Crippen molar-refractivity contribution >= 4 is 23.0 Å². The largest absolute Gasteiger partial charge is 0.494 e. The number of imidazole rings is 1. The van der Waals surface area contributed by atoms with Crippen molar-refractivity contribution in [2.24, 2.45) is 0 Å². The number of fused-ring (bicyclic) bond motifs is 1. The van der Waals surface area contributed by atoms with Gasteiger partial charge in [0.05, 0.1) is 17.6 Å². The van der Waals surface area contributed by atoms with Crippen molar-refractivity contribution < 1.29 is 24.5 Å². The van der Waals surface area contributed by atoms with Gasteiger partial charge < -0.3 is 19.5 Å². The minimum atomic E-state index is -0.932. The molecule has 28 heavy (non-hydrogen) atoms. The highest BCUT2D eigenvalue weighted by molar-refractivity contribution is 5.84. The Morgan fingerprint density at radius 2 is 1.75 bits per heavy atom. The molecule has 0 aliphatic heterocycles. The van der Waals surface area contributed by atoms with Crippen molar-refractivity contribution in [2.75, 3.05) is 6.61 Å². The Labute approximate surface area is 162 Å². The first-order chi connectivity index (χ1) is 13.5. The van der Waals surface area contributed by atoms with Crippen LogP contribution in [0, 0.1) is 0 Å². The number of rotatable bonds is 10. The van der Waals surface area contributed by atoms with Crippen molar-refractivity contribution in [3.05, 3.63) is 48.5 Å². The molecule has 0 radical (unpaired) electrons. The Hall–Kier alpha value is -3.35. The molecule has 0 atom stereocenters. The molecule has 0 bridgehead atoms. The third kappa shape index (κ3) is 4.88. The molecule has 7 nitrogen and oxygen atoms in total. The highest BCUT2D eigenvalue weighted by Gasteiger charge is 2.15. The first-order valence-electron chi connectivity index (χ1n) is 9.16. The lowest BCUT2D eigenvalue weighted by Crippen LogP contribution is -2.10. The van der Waals surface area contributed by atoms with E-state index in [9.17, 15) is 14.7 Å². The van der Waals surface area contributed by atoms with Crippen LogP contribution in [0.4, 0.5) is 0 Å². The van der Waals surface area contributed by atoms with Crippen molar-refractivity contribution in [1.29, 1.82) is 0 Å². The number of carboxylic acid groups (broad SMARTS) is 2. The molecule has 0 spiro atoms. The van der Waals surface area contributed by atoms with Gasteiger partial charge in [0, 0.05) is 18.1 Å². The monoisotopic (exact) mass is 382 g/mol. The average Bonchev–Trinajstić information content (AvgIpc) is 3.02. The number of hydrogen-bond donors (Lipinski definition) is 2. The number of unbranched alkanes of at least 4 members (excludes halogenated alkanes) is 2. The lowest BCUT2D eigenvalue weighted by Gasteiger charge is -2.07. The van der Waals surface area contributed by atoms with Crippen LogP contribution in [0.3, 0.4) is 0 Å². The van der Waals surface area contributed by atoms with Crippen LogP contribution in [0.1, 0.15) is 25.7 Å². The molecule has 7 heteroatoms. The Balaban J connectivity index is 1.76. The van der Waals surface area contributed by atoms with Gasteiger partial charge in [-0.3, -0.25) is 9.59 Å². The summed E-state index contributed by atoms with van der Waals surface area (Å²) in [6, 6.07) is 14.9. The van der Waals surface area contributed by atoms with Gasteiger partial charge in [-0.15, -0.1) is 0 Å². The maximum Gasteiger partial charge on any atom is 0.323 e. The summed E-state index contributed by atoms with van der Waals surface area (Å²) in [5, 5.41) is 17.9. The van der Waals surface area contributed by atoms with Gasteiger partial charge in [0.25, 0.3) is 0 Å². The quantitative estimate of drug-likeness (QED) is 0.517. The molecule has 0 saturated carbocycles. The number of carboxylic acids is 2. The lowest BCUT2D eigenvalue weighted by atomic mass is 10.2. The minimum Gasteiger partial charge on any atom is -0.494 e. The highest BCUT2D eigenvalue weighted by atomic mass is 16.5. The van der Waals surface area contributed by atoms with Gasteiger partial charge in [-0.2, -0.15) is 0 Å². The summed E-state index contributed by atoms with van der Waals surface area (Å²) in [6.45, 7) is 0.316. The van der Waals surface area contributed by atoms with Crippen molar-refractivity contribution in [3.63, 3.8) is 0 Å². The Bertz CT molecular complexity index is 966. The van der Waals surface area contributed by atoms with Crippen molar-refractivity contribution in [3.8, 4) is 17.1 Å². The first-order valence-corrected chi connectivity index (χ1v) is 9.16. The van der Waals surface area contributed by atoms with Gasteiger partial charge in [0.1, 0.15) is 18.1 Å². The van der Waals surface area contributed by atoms with E-state index in [1.54, 1.807) is 16.7 Å². The Morgan fingerprint density at radius 3 is 2.46 bits per heavy atom. The van der Waals surface area contributed by atoms with Gasteiger partial charge in [-0.05, 0) is 31.4 Å². The van der Waals surface area contributed by atoms with Gasteiger partial charge in [0.2, 0.25) is 0 Å². The number of benzene rings is 2. The zero-order valence-electron chi connectivity index (χ0n) is 15.4. The summed E-state index contributed by atoms with van der Waals surface area (Å²) >= 11 is 0. The predicted octanol–water partition coefficient (Wildman–Crippen LogP) is 3.81.